The molecule has 0 saturated carbocycles. The summed E-state index contributed by atoms with van der Waals surface area (Å²) >= 11 is 0. The van der Waals surface area contributed by atoms with Gasteiger partial charge in [0.25, 0.3) is 0 Å². The second-order valence-corrected chi connectivity index (χ2v) is 4.98. The second kappa shape index (κ2) is 4.78. The maximum Gasteiger partial charge on any atom is 0.113 e. The quantitative estimate of drug-likeness (QED) is 0.713. The molecule has 0 bridgehead atoms. The maximum atomic E-state index is 8.94. The molecule has 4 heteroatoms. The van der Waals surface area contributed by atoms with E-state index in [9.17, 15) is 0 Å². The van der Waals surface area contributed by atoms with Crippen molar-refractivity contribution in [1.29, 1.82) is 5.26 Å². The average Bonchev–Trinajstić information content (AvgIpc) is 2.82. The van der Waals surface area contributed by atoms with E-state index in [1.165, 1.54) is 11.1 Å². The molecule has 20 heavy (non-hydrogen) atoms. The Morgan fingerprint density at radius 1 is 1.15 bits per heavy atom. The third-order valence-corrected chi connectivity index (χ3v) is 3.52. The minimum absolute atomic E-state index is 0.620. The summed E-state index contributed by atoms with van der Waals surface area (Å²) in [6.45, 7) is 4.78. The summed E-state index contributed by atoms with van der Waals surface area (Å²) in [5.41, 5.74) is 6.09. The zero-order chi connectivity index (χ0) is 14.1. The summed E-state index contributed by atoms with van der Waals surface area (Å²) in [6.07, 6.45) is 0. The number of fused-ring (bicyclic) bond motifs is 1. The van der Waals surface area contributed by atoms with E-state index in [0.717, 1.165) is 16.6 Å². The number of benzene rings is 2. The SMILES string of the molecule is Cc1cc2nnn(Cc3cccc(C#N)c3)c2cc1C. The first-order chi connectivity index (χ1) is 9.67. The highest BCUT2D eigenvalue weighted by Crippen LogP contribution is 2.18. The number of hydrogen-bond acceptors (Lipinski definition) is 3. The number of nitrogens with zero attached hydrogens (tertiary/aromatic N) is 4. The highest BCUT2D eigenvalue weighted by molar-refractivity contribution is 5.76. The Balaban J connectivity index is 2.02. The summed E-state index contributed by atoms with van der Waals surface area (Å²) in [4.78, 5) is 0. The van der Waals surface area contributed by atoms with E-state index in [-0.39, 0.29) is 0 Å². The molecule has 0 aliphatic rings. The normalized spacial score (nSPS) is 10.7. The Kier molecular flexibility index (Phi) is 2.96. The van der Waals surface area contributed by atoms with Crippen LogP contribution in [0.2, 0.25) is 0 Å². The van der Waals surface area contributed by atoms with Gasteiger partial charge in [0.15, 0.2) is 0 Å². The van der Waals surface area contributed by atoms with Crippen LogP contribution in [0.5, 0.6) is 0 Å². The van der Waals surface area contributed by atoms with E-state index in [0.29, 0.717) is 12.1 Å². The van der Waals surface area contributed by atoms with E-state index >= 15 is 0 Å². The predicted octanol–water partition coefficient (Wildman–Crippen LogP) is 2.97. The molecule has 0 unspecified atom stereocenters. The van der Waals surface area contributed by atoms with Crippen LogP contribution >= 0.6 is 0 Å². The van der Waals surface area contributed by atoms with Crippen molar-refractivity contribution in [3.8, 4) is 6.07 Å². The third-order valence-electron chi connectivity index (χ3n) is 3.52. The van der Waals surface area contributed by atoms with Crippen LogP contribution in [0.4, 0.5) is 0 Å². The van der Waals surface area contributed by atoms with Gasteiger partial charge in [-0.1, -0.05) is 17.3 Å². The number of aromatic nitrogens is 3. The van der Waals surface area contributed by atoms with E-state index in [2.05, 4.69) is 42.4 Å². The van der Waals surface area contributed by atoms with Gasteiger partial charge in [-0.2, -0.15) is 5.26 Å². The molecule has 0 aliphatic carbocycles. The van der Waals surface area contributed by atoms with Crippen molar-refractivity contribution in [3.63, 3.8) is 0 Å². The first kappa shape index (κ1) is 12.4. The molecule has 0 amide bonds. The van der Waals surface area contributed by atoms with Crippen molar-refractivity contribution in [2.45, 2.75) is 20.4 Å². The van der Waals surface area contributed by atoms with Gasteiger partial charge in [0.1, 0.15) is 5.52 Å². The fourth-order valence-corrected chi connectivity index (χ4v) is 2.25. The molecule has 4 nitrogen and oxygen atoms in total. The fourth-order valence-electron chi connectivity index (χ4n) is 2.25. The van der Waals surface area contributed by atoms with Crippen LogP contribution in [0, 0.1) is 25.2 Å². The van der Waals surface area contributed by atoms with Crippen molar-refractivity contribution in [1.82, 2.24) is 15.0 Å². The van der Waals surface area contributed by atoms with Crippen LogP contribution in [0.25, 0.3) is 11.0 Å². The molecule has 0 spiro atoms. The Bertz CT molecular complexity index is 824. The topological polar surface area (TPSA) is 54.5 Å². The van der Waals surface area contributed by atoms with E-state index in [1.54, 1.807) is 6.07 Å². The minimum atomic E-state index is 0.620. The number of aryl methyl sites for hydroxylation is 2. The van der Waals surface area contributed by atoms with Gasteiger partial charge in [-0.25, -0.2) is 4.68 Å². The van der Waals surface area contributed by atoms with Crippen molar-refractivity contribution in [3.05, 3.63) is 58.7 Å². The molecule has 0 radical (unpaired) electrons. The highest BCUT2D eigenvalue weighted by Gasteiger charge is 2.07. The van der Waals surface area contributed by atoms with Gasteiger partial charge >= 0.3 is 0 Å². The number of rotatable bonds is 2. The van der Waals surface area contributed by atoms with Gasteiger partial charge in [-0.3, -0.25) is 0 Å². The zero-order valence-corrected chi connectivity index (χ0v) is 11.5. The predicted molar refractivity (Wildman–Crippen MR) is 77.3 cm³/mol. The van der Waals surface area contributed by atoms with Gasteiger partial charge < -0.3 is 0 Å². The first-order valence-electron chi connectivity index (χ1n) is 6.47. The molecule has 3 rings (SSSR count). The molecule has 0 atom stereocenters. The van der Waals surface area contributed by atoms with Crippen LogP contribution in [0.15, 0.2) is 36.4 Å². The van der Waals surface area contributed by atoms with Gasteiger partial charge in [0, 0.05) is 0 Å². The first-order valence-corrected chi connectivity index (χ1v) is 6.47. The number of hydrogen-bond donors (Lipinski definition) is 0. The van der Waals surface area contributed by atoms with Crippen LogP contribution in [0.3, 0.4) is 0 Å². The van der Waals surface area contributed by atoms with Gasteiger partial charge in [-0.15, -0.1) is 5.10 Å². The lowest BCUT2D eigenvalue weighted by molar-refractivity contribution is 0.669. The Morgan fingerprint density at radius 3 is 2.75 bits per heavy atom. The molecule has 98 valence electrons. The van der Waals surface area contributed by atoms with Crippen molar-refractivity contribution in [2.75, 3.05) is 0 Å². The molecule has 0 N–H and O–H groups in total. The molecular weight excluding hydrogens is 248 g/mol. The van der Waals surface area contributed by atoms with Crippen molar-refractivity contribution < 1.29 is 0 Å². The van der Waals surface area contributed by atoms with Crippen LogP contribution in [-0.4, -0.2) is 15.0 Å². The lowest BCUT2D eigenvalue weighted by Gasteiger charge is -2.04. The van der Waals surface area contributed by atoms with E-state index in [4.69, 9.17) is 5.26 Å². The molecule has 3 aromatic rings. The summed E-state index contributed by atoms with van der Waals surface area (Å²) in [7, 11) is 0. The van der Waals surface area contributed by atoms with Gasteiger partial charge in [0.2, 0.25) is 0 Å². The lowest BCUT2D eigenvalue weighted by atomic mass is 10.1. The highest BCUT2D eigenvalue weighted by atomic mass is 15.4. The summed E-state index contributed by atoms with van der Waals surface area (Å²) in [6, 6.07) is 13.9. The molecule has 2 aromatic carbocycles. The molecule has 1 heterocycles. The number of nitriles is 1. The molecular formula is C16H14N4. The van der Waals surface area contributed by atoms with Crippen molar-refractivity contribution in [2.24, 2.45) is 0 Å². The summed E-state index contributed by atoms with van der Waals surface area (Å²) < 4.78 is 1.87. The monoisotopic (exact) mass is 262 g/mol. The largest absolute Gasteiger partial charge is 0.240 e. The molecule has 0 saturated heterocycles. The van der Waals surface area contributed by atoms with Crippen LogP contribution in [-0.2, 0) is 6.54 Å². The summed E-state index contributed by atoms with van der Waals surface area (Å²) in [5.74, 6) is 0. The second-order valence-electron chi connectivity index (χ2n) is 4.98. The third kappa shape index (κ3) is 2.14. The van der Waals surface area contributed by atoms with E-state index in [1.807, 2.05) is 22.9 Å². The summed E-state index contributed by atoms with van der Waals surface area (Å²) in [5, 5.41) is 17.4. The molecule has 0 aliphatic heterocycles. The Morgan fingerprint density at radius 2 is 1.95 bits per heavy atom. The molecule has 1 aromatic heterocycles. The molecule has 0 fully saturated rings. The average molecular weight is 262 g/mol. The van der Waals surface area contributed by atoms with E-state index < -0.39 is 0 Å². The minimum Gasteiger partial charge on any atom is -0.240 e. The van der Waals surface area contributed by atoms with Crippen LogP contribution in [0.1, 0.15) is 22.3 Å². The van der Waals surface area contributed by atoms with Crippen molar-refractivity contribution >= 4 is 11.0 Å². The Hall–Kier alpha value is -2.67. The van der Waals surface area contributed by atoms with Crippen LogP contribution < -0.4 is 0 Å². The van der Waals surface area contributed by atoms with Gasteiger partial charge in [0.05, 0.1) is 23.7 Å². The smallest absolute Gasteiger partial charge is 0.113 e. The standard InChI is InChI=1S/C16H14N4/c1-11-6-15-16(7-12(11)2)20(19-18-15)10-14-5-3-4-13(8-14)9-17/h3-8H,10H2,1-2H3. The fraction of sp³-hybridized carbons (Fsp3) is 0.188. The lowest BCUT2D eigenvalue weighted by Crippen LogP contribution is -2.02. The van der Waals surface area contributed by atoms with Gasteiger partial charge in [-0.05, 0) is 54.8 Å². The Labute approximate surface area is 117 Å². The zero-order valence-electron chi connectivity index (χ0n) is 11.5. The maximum absolute atomic E-state index is 8.94.